The molecule has 1 saturated carbocycles. The number of nitrogens with zero attached hydrogens (tertiary/aromatic N) is 1. The first kappa shape index (κ1) is 19.7. The van der Waals surface area contributed by atoms with Crippen molar-refractivity contribution in [1.29, 1.82) is 0 Å². The number of ether oxygens (including phenoxy) is 2. The third kappa shape index (κ3) is 5.44. The van der Waals surface area contributed by atoms with Crippen LogP contribution in [0.25, 0.3) is 0 Å². The van der Waals surface area contributed by atoms with Gasteiger partial charge < -0.3 is 19.7 Å². The first-order chi connectivity index (χ1) is 12.0. The lowest BCUT2D eigenvalue weighted by molar-refractivity contribution is -0.141. The number of carbonyl (C=O) groups is 1. The number of nitrogens with one attached hydrogen (secondary N) is 1. The number of benzene rings is 1. The fraction of sp³-hybridized carbons (Fsp3) is 0.650. The van der Waals surface area contributed by atoms with Crippen molar-refractivity contribution in [3.8, 4) is 5.75 Å². The molecule has 0 aliphatic heterocycles. The van der Waals surface area contributed by atoms with Crippen LogP contribution in [0.1, 0.15) is 40.5 Å². The van der Waals surface area contributed by atoms with Crippen LogP contribution in [0.15, 0.2) is 24.3 Å². The molecule has 25 heavy (non-hydrogen) atoms. The first-order valence-corrected chi connectivity index (χ1v) is 9.44. The highest BCUT2D eigenvalue weighted by atomic mass is 16.5. The lowest BCUT2D eigenvalue weighted by Crippen LogP contribution is -2.44. The van der Waals surface area contributed by atoms with Crippen molar-refractivity contribution in [3.63, 3.8) is 0 Å². The van der Waals surface area contributed by atoms with E-state index < -0.39 is 5.60 Å². The van der Waals surface area contributed by atoms with E-state index in [-0.39, 0.29) is 5.91 Å². The highest BCUT2D eigenvalue weighted by Gasteiger charge is 2.48. The molecule has 1 aromatic rings. The first-order valence-electron chi connectivity index (χ1n) is 9.44. The van der Waals surface area contributed by atoms with Crippen molar-refractivity contribution >= 4 is 11.6 Å². The molecule has 1 aliphatic carbocycles. The Balaban J connectivity index is 1.86. The minimum absolute atomic E-state index is 0.0629. The van der Waals surface area contributed by atoms with Gasteiger partial charge in [-0.1, -0.05) is 13.8 Å². The molecule has 0 heterocycles. The van der Waals surface area contributed by atoms with E-state index in [4.69, 9.17) is 9.47 Å². The van der Waals surface area contributed by atoms with Gasteiger partial charge in [0.05, 0.1) is 0 Å². The Morgan fingerprint density at radius 3 is 2.36 bits per heavy atom. The number of likely N-dealkylation sites (N-methyl/N-ethyl adjacent to an activating group) is 1. The van der Waals surface area contributed by atoms with Gasteiger partial charge in [0.2, 0.25) is 0 Å². The molecule has 0 radical (unpaired) electrons. The molecule has 0 bridgehead atoms. The summed E-state index contributed by atoms with van der Waals surface area (Å²) >= 11 is 0. The molecular formula is C20H32N2O3. The molecule has 1 amide bonds. The van der Waals surface area contributed by atoms with Gasteiger partial charge in [0, 0.05) is 18.8 Å². The third-order valence-corrected chi connectivity index (χ3v) is 4.93. The van der Waals surface area contributed by atoms with Gasteiger partial charge in [-0.05, 0) is 70.0 Å². The Bertz CT molecular complexity index is 538. The normalized spacial score (nSPS) is 16.5. The second-order valence-corrected chi connectivity index (χ2v) is 6.67. The smallest absolute Gasteiger partial charge is 0.256 e. The molecule has 0 spiro atoms. The van der Waals surface area contributed by atoms with E-state index >= 15 is 0 Å². The average molecular weight is 348 g/mol. The monoisotopic (exact) mass is 348 g/mol. The van der Waals surface area contributed by atoms with Crippen LogP contribution in [0.3, 0.4) is 0 Å². The molecule has 1 fully saturated rings. The number of hydrogen-bond acceptors (Lipinski definition) is 4. The molecule has 1 atom stereocenters. The van der Waals surface area contributed by atoms with Crippen LogP contribution < -0.4 is 10.1 Å². The standard InChI is InChI=1S/C20H32N2O3/c1-5-22(6-2)14-15-24-18-12-10-17(11-13-18)21-19(23)20(4,25-7-3)16-8-9-16/h10-13,16H,5-9,14-15H2,1-4H3,(H,21,23)/t20-/m0/s1. The van der Waals surface area contributed by atoms with Crippen molar-refractivity contribution in [2.45, 2.75) is 46.1 Å². The van der Waals surface area contributed by atoms with Gasteiger partial charge in [-0.3, -0.25) is 4.79 Å². The summed E-state index contributed by atoms with van der Waals surface area (Å²) < 4.78 is 11.5. The Morgan fingerprint density at radius 2 is 1.84 bits per heavy atom. The minimum Gasteiger partial charge on any atom is -0.492 e. The zero-order chi connectivity index (χ0) is 18.3. The zero-order valence-corrected chi connectivity index (χ0v) is 16.0. The molecular weight excluding hydrogens is 316 g/mol. The zero-order valence-electron chi connectivity index (χ0n) is 16.0. The maximum atomic E-state index is 12.6. The molecule has 140 valence electrons. The van der Waals surface area contributed by atoms with Gasteiger partial charge in [0.15, 0.2) is 0 Å². The number of rotatable bonds is 11. The SMILES string of the molecule is CCO[C@](C)(C(=O)Nc1ccc(OCCN(CC)CC)cc1)C1CC1. The van der Waals surface area contributed by atoms with Crippen LogP contribution in [0.5, 0.6) is 5.75 Å². The molecule has 5 nitrogen and oxygen atoms in total. The van der Waals surface area contributed by atoms with Crippen LogP contribution in [0.4, 0.5) is 5.69 Å². The summed E-state index contributed by atoms with van der Waals surface area (Å²) in [5.74, 6) is 1.09. The largest absolute Gasteiger partial charge is 0.492 e. The summed E-state index contributed by atoms with van der Waals surface area (Å²) in [6.45, 7) is 12.3. The van der Waals surface area contributed by atoms with Gasteiger partial charge in [-0.25, -0.2) is 0 Å². The Kier molecular flexibility index (Phi) is 7.26. The Labute approximate surface area is 151 Å². The molecule has 0 unspecified atom stereocenters. The summed E-state index contributed by atoms with van der Waals surface area (Å²) in [6.07, 6.45) is 2.12. The lowest BCUT2D eigenvalue weighted by atomic mass is 9.99. The van der Waals surface area contributed by atoms with Gasteiger partial charge >= 0.3 is 0 Å². The maximum Gasteiger partial charge on any atom is 0.256 e. The average Bonchev–Trinajstić information content (AvgIpc) is 3.46. The van der Waals surface area contributed by atoms with Crippen LogP contribution in [-0.4, -0.2) is 49.3 Å². The molecule has 0 aromatic heterocycles. The van der Waals surface area contributed by atoms with Crippen molar-refractivity contribution < 1.29 is 14.3 Å². The second kappa shape index (κ2) is 9.20. The van der Waals surface area contributed by atoms with Gasteiger partial charge in [-0.15, -0.1) is 0 Å². The fourth-order valence-electron chi connectivity index (χ4n) is 3.02. The number of amides is 1. The Hall–Kier alpha value is -1.59. The van der Waals surface area contributed by atoms with E-state index in [1.807, 2.05) is 38.1 Å². The topological polar surface area (TPSA) is 50.8 Å². The summed E-state index contributed by atoms with van der Waals surface area (Å²) in [5, 5.41) is 2.98. The summed E-state index contributed by atoms with van der Waals surface area (Å²) in [6, 6.07) is 7.55. The summed E-state index contributed by atoms with van der Waals surface area (Å²) in [5.41, 5.74) is 0.0425. The number of hydrogen-bond donors (Lipinski definition) is 1. The quantitative estimate of drug-likeness (QED) is 0.664. The van der Waals surface area contributed by atoms with Crippen LogP contribution in [-0.2, 0) is 9.53 Å². The van der Waals surface area contributed by atoms with Gasteiger partial charge in [0.1, 0.15) is 18.0 Å². The van der Waals surface area contributed by atoms with E-state index in [0.717, 1.165) is 43.9 Å². The number of carbonyl (C=O) groups excluding carboxylic acids is 1. The van der Waals surface area contributed by atoms with Crippen LogP contribution >= 0.6 is 0 Å². The van der Waals surface area contributed by atoms with Crippen LogP contribution in [0.2, 0.25) is 0 Å². The fourth-order valence-corrected chi connectivity index (χ4v) is 3.02. The highest BCUT2D eigenvalue weighted by Crippen LogP contribution is 2.42. The second-order valence-electron chi connectivity index (χ2n) is 6.67. The molecule has 5 heteroatoms. The predicted molar refractivity (Wildman–Crippen MR) is 101 cm³/mol. The maximum absolute atomic E-state index is 12.6. The molecule has 2 rings (SSSR count). The van der Waals surface area contributed by atoms with Crippen molar-refractivity contribution in [2.75, 3.05) is 38.2 Å². The summed E-state index contributed by atoms with van der Waals surface area (Å²) in [7, 11) is 0. The van der Waals surface area contributed by atoms with Crippen molar-refractivity contribution in [2.24, 2.45) is 5.92 Å². The highest BCUT2D eigenvalue weighted by molar-refractivity contribution is 5.97. The van der Waals surface area contributed by atoms with E-state index in [2.05, 4.69) is 24.1 Å². The summed E-state index contributed by atoms with van der Waals surface area (Å²) in [4.78, 5) is 15.0. The van der Waals surface area contributed by atoms with E-state index in [0.29, 0.717) is 19.1 Å². The van der Waals surface area contributed by atoms with Crippen LogP contribution in [0, 0.1) is 5.92 Å². The molecule has 1 N–H and O–H groups in total. The molecule has 0 saturated heterocycles. The van der Waals surface area contributed by atoms with E-state index in [1.54, 1.807) is 0 Å². The molecule has 1 aromatic carbocycles. The third-order valence-electron chi connectivity index (χ3n) is 4.93. The van der Waals surface area contributed by atoms with E-state index in [1.165, 1.54) is 0 Å². The predicted octanol–water partition coefficient (Wildman–Crippen LogP) is 3.55. The minimum atomic E-state index is -0.728. The molecule has 1 aliphatic rings. The number of anilines is 1. The van der Waals surface area contributed by atoms with Gasteiger partial charge in [0.25, 0.3) is 5.91 Å². The van der Waals surface area contributed by atoms with Crippen molar-refractivity contribution in [1.82, 2.24) is 4.90 Å². The van der Waals surface area contributed by atoms with E-state index in [9.17, 15) is 4.79 Å². The lowest BCUT2D eigenvalue weighted by Gasteiger charge is -2.28. The van der Waals surface area contributed by atoms with Gasteiger partial charge in [-0.2, -0.15) is 0 Å². The van der Waals surface area contributed by atoms with Crippen molar-refractivity contribution in [3.05, 3.63) is 24.3 Å². The Morgan fingerprint density at radius 1 is 1.20 bits per heavy atom.